The van der Waals surface area contributed by atoms with Crippen LogP contribution in [0.2, 0.25) is 0 Å². The van der Waals surface area contributed by atoms with Crippen molar-refractivity contribution in [1.82, 2.24) is 4.90 Å². The molecule has 94 valence electrons. The van der Waals surface area contributed by atoms with Crippen LogP contribution in [0.15, 0.2) is 18.2 Å². The number of rotatable bonds is 2. The molecule has 1 heterocycles. The minimum absolute atomic E-state index is 0.184. The molecule has 0 atom stereocenters. The molecular weight excluding hydrogens is 228 g/mol. The maximum Gasteiger partial charge on any atom is 0.335 e. The highest BCUT2D eigenvalue weighted by atomic mass is 16.4. The highest BCUT2D eigenvalue weighted by molar-refractivity contribution is 5.88. The van der Waals surface area contributed by atoms with Gasteiger partial charge in [-0.1, -0.05) is 6.07 Å². The van der Waals surface area contributed by atoms with Crippen LogP contribution in [0.1, 0.15) is 40.2 Å². The van der Waals surface area contributed by atoms with Crippen LogP contribution < -0.4 is 0 Å². The molecule has 1 saturated heterocycles. The van der Waals surface area contributed by atoms with Crippen molar-refractivity contribution in [2.45, 2.75) is 18.8 Å². The summed E-state index contributed by atoms with van der Waals surface area (Å²) in [5.41, 5.74) is 1.68. The Morgan fingerprint density at radius 1 is 1.44 bits per heavy atom. The first-order chi connectivity index (χ1) is 8.61. The molecule has 4 nitrogen and oxygen atoms in total. The molecule has 1 aromatic carbocycles. The fourth-order valence-electron chi connectivity index (χ4n) is 2.46. The topological polar surface area (TPSA) is 64.3 Å². The minimum atomic E-state index is -0.985. The molecule has 1 fully saturated rings. The molecule has 0 spiro atoms. The Morgan fingerprint density at radius 2 is 2.11 bits per heavy atom. The summed E-state index contributed by atoms with van der Waals surface area (Å²) in [5.74, 6) is -0.611. The van der Waals surface area contributed by atoms with Gasteiger partial charge in [0.1, 0.15) is 0 Å². The maximum absolute atomic E-state index is 10.9. The van der Waals surface area contributed by atoms with E-state index in [1.807, 2.05) is 0 Å². The lowest BCUT2D eigenvalue weighted by molar-refractivity contribution is 0.0697. The molecule has 4 heteroatoms. The zero-order chi connectivity index (χ0) is 13.1. The highest BCUT2D eigenvalue weighted by Gasteiger charge is 2.21. The molecule has 0 bridgehead atoms. The third kappa shape index (κ3) is 2.52. The van der Waals surface area contributed by atoms with E-state index in [1.165, 1.54) is 6.07 Å². The van der Waals surface area contributed by atoms with Gasteiger partial charge in [-0.15, -0.1) is 0 Å². The molecular formula is C14H16N2O2. The smallest absolute Gasteiger partial charge is 0.335 e. The van der Waals surface area contributed by atoms with Gasteiger partial charge in [0.2, 0.25) is 0 Å². The predicted octanol–water partition coefficient (Wildman–Crippen LogP) is 2.07. The van der Waals surface area contributed by atoms with E-state index >= 15 is 0 Å². The van der Waals surface area contributed by atoms with Crippen LogP contribution in [-0.2, 0) is 0 Å². The number of hydrogen-bond donors (Lipinski definition) is 1. The average Bonchev–Trinajstić information content (AvgIpc) is 2.39. The molecule has 0 saturated carbocycles. The van der Waals surface area contributed by atoms with Crippen LogP contribution >= 0.6 is 0 Å². The molecule has 0 aromatic heterocycles. The minimum Gasteiger partial charge on any atom is -0.478 e. The van der Waals surface area contributed by atoms with E-state index in [4.69, 9.17) is 10.4 Å². The van der Waals surface area contributed by atoms with E-state index in [9.17, 15) is 4.79 Å². The van der Waals surface area contributed by atoms with E-state index in [2.05, 4.69) is 18.0 Å². The van der Waals surface area contributed by atoms with Gasteiger partial charge >= 0.3 is 5.97 Å². The summed E-state index contributed by atoms with van der Waals surface area (Å²) >= 11 is 0. The summed E-state index contributed by atoms with van der Waals surface area (Å²) in [6, 6.07) is 7.00. The van der Waals surface area contributed by atoms with E-state index in [-0.39, 0.29) is 5.56 Å². The molecule has 1 aromatic rings. The molecule has 1 aliphatic rings. The first-order valence-corrected chi connectivity index (χ1v) is 6.07. The normalized spacial score (nSPS) is 17.3. The number of aromatic carboxylic acids is 1. The number of likely N-dealkylation sites (tertiary alicyclic amines) is 1. The van der Waals surface area contributed by atoms with Crippen LogP contribution in [0, 0.1) is 11.3 Å². The second-order valence-corrected chi connectivity index (χ2v) is 4.80. The Kier molecular flexibility index (Phi) is 3.63. The molecule has 0 unspecified atom stereocenters. The third-order valence-corrected chi connectivity index (χ3v) is 3.58. The lowest BCUT2D eigenvalue weighted by Gasteiger charge is -2.29. The highest BCUT2D eigenvalue weighted by Crippen LogP contribution is 2.30. The number of carboxylic acid groups (broad SMARTS) is 1. The predicted molar refractivity (Wildman–Crippen MR) is 67.6 cm³/mol. The van der Waals surface area contributed by atoms with Crippen molar-refractivity contribution in [3.05, 3.63) is 34.9 Å². The summed E-state index contributed by atoms with van der Waals surface area (Å²) < 4.78 is 0. The van der Waals surface area contributed by atoms with Crippen LogP contribution in [0.5, 0.6) is 0 Å². The van der Waals surface area contributed by atoms with Crippen molar-refractivity contribution in [2.75, 3.05) is 20.1 Å². The van der Waals surface area contributed by atoms with Gasteiger partial charge in [-0.2, -0.15) is 5.26 Å². The fraction of sp³-hybridized carbons (Fsp3) is 0.429. The lowest BCUT2D eigenvalue weighted by atomic mass is 9.86. The van der Waals surface area contributed by atoms with Gasteiger partial charge in [-0.05, 0) is 56.6 Å². The summed E-state index contributed by atoms with van der Waals surface area (Å²) in [6.45, 7) is 2.05. The monoisotopic (exact) mass is 244 g/mol. The van der Waals surface area contributed by atoms with Gasteiger partial charge in [0.15, 0.2) is 0 Å². The van der Waals surface area contributed by atoms with Gasteiger partial charge in [-0.25, -0.2) is 4.79 Å². The number of nitrogens with zero attached hydrogens (tertiary/aromatic N) is 2. The summed E-state index contributed by atoms with van der Waals surface area (Å²) in [7, 11) is 2.09. The number of carboxylic acids is 1. The van der Waals surface area contributed by atoms with E-state index < -0.39 is 5.97 Å². The van der Waals surface area contributed by atoms with Gasteiger partial charge < -0.3 is 10.0 Å². The number of piperidine rings is 1. The van der Waals surface area contributed by atoms with Crippen LogP contribution in [0.25, 0.3) is 0 Å². The Bertz CT molecular complexity index is 497. The number of hydrogen-bond acceptors (Lipinski definition) is 3. The zero-order valence-electron chi connectivity index (χ0n) is 10.4. The van der Waals surface area contributed by atoms with E-state index in [0.717, 1.165) is 31.5 Å². The third-order valence-electron chi connectivity index (χ3n) is 3.58. The summed E-state index contributed by atoms with van der Waals surface area (Å²) in [6.07, 6.45) is 2.05. The number of carbonyl (C=O) groups is 1. The lowest BCUT2D eigenvalue weighted by Crippen LogP contribution is -2.29. The molecule has 0 radical (unpaired) electrons. The second-order valence-electron chi connectivity index (χ2n) is 4.80. The maximum atomic E-state index is 10.9. The first kappa shape index (κ1) is 12.6. The number of nitriles is 1. The Hall–Kier alpha value is -1.86. The molecule has 0 aliphatic carbocycles. The SMILES string of the molecule is CN1CCC(c2ccc(C(=O)O)cc2C#N)CC1. The summed E-state index contributed by atoms with van der Waals surface area (Å²) in [4.78, 5) is 13.2. The van der Waals surface area contributed by atoms with Crippen molar-refractivity contribution in [3.8, 4) is 6.07 Å². The quantitative estimate of drug-likeness (QED) is 0.865. The molecule has 1 aliphatic heterocycles. The Morgan fingerprint density at radius 3 is 2.67 bits per heavy atom. The molecule has 0 amide bonds. The number of benzene rings is 1. The zero-order valence-corrected chi connectivity index (χ0v) is 10.4. The van der Waals surface area contributed by atoms with Crippen LogP contribution in [0.4, 0.5) is 0 Å². The average molecular weight is 244 g/mol. The van der Waals surface area contributed by atoms with Crippen molar-refractivity contribution < 1.29 is 9.90 Å². The van der Waals surface area contributed by atoms with Crippen molar-refractivity contribution in [1.29, 1.82) is 5.26 Å². The second kappa shape index (κ2) is 5.19. The largest absolute Gasteiger partial charge is 0.478 e. The summed E-state index contributed by atoms with van der Waals surface area (Å²) in [5, 5.41) is 18.1. The van der Waals surface area contributed by atoms with Crippen LogP contribution in [-0.4, -0.2) is 36.1 Å². The van der Waals surface area contributed by atoms with Gasteiger partial charge in [0, 0.05) is 0 Å². The molecule has 1 N–H and O–H groups in total. The van der Waals surface area contributed by atoms with Gasteiger partial charge in [0.05, 0.1) is 17.2 Å². The molecule has 2 rings (SSSR count). The Balaban J connectivity index is 2.28. The molecule has 18 heavy (non-hydrogen) atoms. The van der Waals surface area contributed by atoms with Crippen molar-refractivity contribution in [3.63, 3.8) is 0 Å². The van der Waals surface area contributed by atoms with Gasteiger partial charge in [0.25, 0.3) is 0 Å². The van der Waals surface area contributed by atoms with Gasteiger partial charge in [-0.3, -0.25) is 0 Å². The van der Waals surface area contributed by atoms with E-state index in [1.54, 1.807) is 12.1 Å². The van der Waals surface area contributed by atoms with Crippen molar-refractivity contribution in [2.24, 2.45) is 0 Å². The van der Waals surface area contributed by atoms with Crippen molar-refractivity contribution >= 4 is 5.97 Å². The van der Waals surface area contributed by atoms with E-state index in [0.29, 0.717) is 11.5 Å². The first-order valence-electron chi connectivity index (χ1n) is 6.07. The Labute approximate surface area is 106 Å². The fourth-order valence-corrected chi connectivity index (χ4v) is 2.46. The standard InChI is InChI=1S/C14H16N2O2/c1-16-6-4-10(5-7-16)13-3-2-11(14(17)18)8-12(13)9-15/h2-3,8,10H,4-7H2,1H3,(H,17,18). The van der Waals surface area contributed by atoms with Crippen LogP contribution in [0.3, 0.4) is 0 Å².